The minimum atomic E-state index is -0.741. The van der Waals surface area contributed by atoms with Gasteiger partial charge in [0, 0.05) is 29.7 Å². The fraction of sp³-hybridized carbons (Fsp3) is 0.200. The van der Waals surface area contributed by atoms with Crippen molar-refractivity contribution >= 4 is 28.4 Å². The second-order valence-electron chi connectivity index (χ2n) is 7.74. The van der Waals surface area contributed by atoms with Crippen LogP contribution in [0.4, 0.5) is 11.5 Å². The standard InChI is InChI=1S/C25H22N4O5/c1-32-21-7-3-5-17-15-19(25(31)34-23(17)21)24(30)26-18-6-2-4-16(14-18)20-8-9-22(28-27-20)29-10-12-33-13-11-29/h2-9,14-15H,10-13H2,1H3,(H,26,30). The Balaban J connectivity index is 1.36. The molecule has 0 radical (unpaired) electrons. The number of aromatic nitrogens is 2. The van der Waals surface area contributed by atoms with Gasteiger partial charge in [0.05, 0.1) is 26.0 Å². The van der Waals surface area contributed by atoms with Crippen molar-refractivity contribution in [2.45, 2.75) is 0 Å². The first-order valence-corrected chi connectivity index (χ1v) is 10.8. The third kappa shape index (κ3) is 4.33. The molecule has 0 unspecified atom stereocenters. The van der Waals surface area contributed by atoms with Gasteiger partial charge in [-0.15, -0.1) is 10.2 Å². The van der Waals surface area contributed by atoms with Gasteiger partial charge < -0.3 is 24.1 Å². The van der Waals surface area contributed by atoms with Crippen LogP contribution in [0.15, 0.2) is 69.9 Å². The van der Waals surface area contributed by atoms with Crippen LogP contribution in [0.5, 0.6) is 5.75 Å². The molecule has 1 amide bonds. The van der Waals surface area contributed by atoms with Gasteiger partial charge in [-0.2, -0.15) is 0 Å². The van der Waals surface area contributed by atoms with E-state index < -0.39 is 11.5 Å². The summed E-state index contributed by atoms with van der Waals surface area (Å²) in [6, 6.07) is 17.7. The number of para-hydroxylation sites is 1. The van der Waals surface area contributed by atoms with E-state index in [1.807, 2.05) is 18.2 Å². The zero-order valence-electron chi connectivity index (χ0n) is 18.5. The lowest BCUT2D eigenvalue weighted by molar-refractivity contribution is 0.102. The molecule has 9 heteroatoms. The second kappa shape index (κ2) is 9.32. The molecule has 1 aliphatic heterocycles. The molecule has 0 aliphatic carbocycles. The van der Waals surface area contributed by atoms with Gasteiger partial charge in [0.15, 0.2) is 17.2 Å². The molecule has 2 aromatic carbocycles. The molecule has 0 saturated carbocycles. The number of fused-ring (bicyclic) bond motifs is 1. The second-order valence-corrected chi connectivity index (χ2v) is 7.74. The summed E-state index contributed by atoms with van der Waals surface area (Å²) in [6.45, 7) is 2.92. The number of anilines is 2. The average Bonchev–Trinajstić information content (AvgIpc) is 2.88. The summed E-state index contributed by atoms with van der Waals surface area (Å²) in [5.74, 6) is 0.663. The molecule has 172 valence electrons. The van der Waals surface area contributed by atoms with Crippen LogP contribution in [-0.2, 0) is 4.74 Å². The quantitative estimate of drug-likeness (QED) is 0.454. The lowest BCUT2D eigenvalue weighted by Crippen LogP contribution is -2.36. The van der Waals surface area contributed by atoms with Gasteiger partial charge in [-0.3, -0.25) is 4.79 Å². The molecule has 9 nitrogen and oxygen atoms in total. The van der Waals surface area contributed by atoms with E-state index in [-0.39, 0.29) is 5.56 Å². The lowest BCUT2D eigenvalue weighted by Gasteiger charge is -2.27. The van der Waals surface area contributed by atoms with E-state index in [2.05, 4.69) is 20.4 Å². The Morgan fingerprint density at radius 2 is 1.85 bits per heavy atom. The predicted octanol–water partition coefficient (Wildman–Crippen LogP) is 3.35. The fourth-order valence-corrected chi connectivity index (χ4v) is 3.83. The van der Waals surface area contributed by atoms with E-state index >= 15 is 0 Å². The van der Waals surface area contributed by atoms with Crippen molar-refractivity contribution in [1.29, 1.82) is 0 Å². The van der Waals surface area contributed by atoms with Crippen molar-refractivity contribution in [3.8, 4) is 17.0 Å². The molecule has 1 N–H and O–H groups in total. The minimum Gasteiger partial charge on any atom is -0.493 e. The van der Waals surface area contributed by atoms with Crippen LogP contribution < -0.4 is 20.6 Å². The van der Waals surface area contributed by atoms with Crippen molar-refractivity contribution in [3.63, 3.8) is 0 Å². The van der Waals surface area contributed by atoms with Gasteiger partial charge in [-0.05, 0) is 36.4 Å². The maximum atomic E-state index is 12.9. The first kappa shape index (κ1) is 21.6. The highest BCUT2D eigenvalue weighted by molar-refractivity contribution is 6.05. The first-order chi connectivity index (χ1) is 16.6. The summed E-state index contributed by atoms with van der Waals surface area (Å²) in [5.41, 5.74) is 1.44. The van der Waals surface area contributed by atoms with Crippen molar-refractivity contribution in [2.75, 3.05) is 43.6 Å². The SMILES string of the molecule is COc1cccc2cc(C(=O)Nc3cccc(-c4ccc(N5CCOCC5)nn4)c3)c(=O)oc12. The number of rotatable bonds is 5. The molecule has 5 rings (SSSR count). The largest absolute Gasteiger partial charge is 0.493 e. The maximum Gasteiger partial charge on any atom is 0.349 e. The summed E-state index contributed by atoms with van der Waals surface area (Å²) in [5, 5.41) is 12.0. The van der Waals surface area contributed by atoms with Crippen LogP contribution in [0.1, 0.15) is 10.4 Å². The molecule has 1 fully saturated rings. The Labute approximate surface area is 194 Å². The third-order valence-corrected chi connectivity index (χ3v) is 5.59. The van der Waals surface area contributed by atoms with Crippen LogP contribution >= 0.6 is 0 Å². The van der Waals surface area contributed by atoms with Gasteiger partial charge in [-0.1, -0.05) is 24.3 Å². The number of carbonyl (C=O) groups is 1. The maximum absolute atomic E-state index is 12.9. The summed E-state index contributed by atoms with van der Waals surface area (Å²) >= 11 is 0. The Hall–Kier alpha value is -4.24. The first-order valence-electron chi connectivity index (χ1n) is 10.8. The molecule has 2 aromatic heterocycles. The number of carbonyl (C=O) groups excluding carboxylic acids is 1. The minimum absolute atomic E-state index is 0.0965. The van der Waals surface area contributed by atoms with E-state index in [0.29, 0.717) is 41.3 Å². The van der Waals surface area contributed by atoms with Crippen molar-refractivity contribution in [2.24, 2.45) is 0 Å². The van der Waals surface area contributed by atoms with Crippen molar-refractivity contribution < 1.29 is 18.7 Å². The number of morpholine rings is 1. The molecule has 0 atom stereocenters. The van der Waals surface area contributed by atoms with Gasteiger partial charge in [0.1, 0.15) is 5.56 Å². The Bertz CT molecular complexity index is 1390. The molecular formula is C25H22N4O5. The number of benzene rings is 2. The zero-order valence-corrected chi connectivity index (χ0v) is 18.5. The van der Waals surface area contributed by atoms with Gasteiger partial charge in [0.25, 0.3) is 5.91 Å². The average molecular weight is 458 g/mol. The summed E-state index contributed by atoms with van der Waals surface area (Å²) < 4.78 is 16.0. The van der Waals surface area contributed by atoms with Gasteiger partial charge in [-0.25, -0.2) is 4.79 Å². The molecular weight excluding hydrogens is 436 g/mol. The topological polar surface area (TPSA) is 107 Å². The number of methoxy groups -OCH3 is 1. The van der Waals surface area contributed by atoms with E-state index in [9.17, 15) is 9.59 Å². The Kier molecular flexibility index (Phi) is 5.92. The van der Waals surface area contributed by atoms with E-state index in [1.165, 1.54) is 13.2 Å². The number of amides is 1. The van der Waals surface area contributed by atoms with Crippen molar-refractivity contribution in [1.82, 2.24) is 10.2 Å². The summed E-state index contributed by atoms with van der Waals surface area (Å²) in [4.78, 5) is 27.5. The van der Waals surface area contributed by atoms with Crippen LogP contribution in [0.3, 0.4) is 0 Å². The highest BCUT2D eigenvalue weighted by Gasteiger charge is 2.17. The Morgan fingerprint density at radius 1 is 1.03 bits per heavy atom. The number of nitrogens with one attached hydrogen (secondary N) is 1. The number of hydrogen-bond acceptors (Lipinski definition) is 8. The van der Waals surface area contributed by atoms with E-state index in [0.717, 1.165) is 24.5 Å². The van der Waals surface area contributed by atoms with Crippen molar-refractivity contribution in [3.05, 3.63) is 76.6 Å². The molecule has 34 heavy (non-hydrogen) atoms. The molecule has 4 aromatic rings. The number of nitrogens with zero attached hydrogens (tertiary/aromatic N) is 3. The number of hydrogen-bond donors (Lipinski definition) is 1. The number of ether oxygens (including phenoxy) is 2. The van der Waals surface area contributed by atoms with Crippen LogP contribution in [-0.4, -0.2) is 49.5 Å². The van der Waals surface area contributed by atoms with E-state index in [1.54, 1.807) is 36.4 Å². The van der Waals surface area contributed by atoms with Gasteiger partial charge >= 0.3 is 5.63 Å². The molecule has 3 heterocycles. The Morgan fingerprint density at radius 3 is 2.62 bits per heavy atom. The van der Waals surface area contributed by atoms with Crippen LogP contribution in [0, 0.1) is 0 Å². The third-order valence-electron chi connectivity index (χ3n) is 5.59. The molecule has 0 bridgehead atoms. The zero-order chi connectivity index (χ0) is 23.5. The molecule has 1 aliphatic rings. The van der Waals surface area contributed by atoms with Gasteiger partial charge in [0.2, 0.25) is 0 Å². The molecule has 0 spiro atoms. The highest BCUT2D eigenvalue weighted by Crippen LogP contribution is 2.25. The normalized spacial score (nSPS) is 13.6. The van der Waals surface area contributed by atoms with Crippen LogP contribution in [0.25, 0.3) is 22.2 Å². The van der Waals surface area contributed by atoms with Crippen LogP contribution in [0.2, 0.25) is 0 Å². The smallest absolute Gasteiger partial charge is 0.349 e. The monoisotopic (exact) mass is 458 g/mol. The summed E-state index contributed by atoms with van der Waals surface area (Å²) in [6.07, 6.45) is 0. The summed E-state index contributed by atoms with van der Waals surface area (Å²) in [7, 11) is 1.49. The highest BCUT2D eigenvalue weighted by atomic mass is 16.5. The lowest BCUT2D eigenvalue weighted by atomic mass is 10.1. The predicted molar refractivity (Wildman–Crippen MR) is 127 cm³/mol. The fourth-order valence-electron chi connectivity index (χ4n) is 3.83. The molecule has 1 saturated heterocycles. The van der Waals surface area contributed by atoms with E-state index in [4.69, 9.17) is 13.9 Å².